The average Bonchev–Trinajstić information content (AvgIpc) is 2.67. The summed E-state index contributed by atoms with van der Waals surface area (Å²) in [7, 11) is 0. The van der Waals surface area contributed by atoms with E-state index in [0.29, 0.717) is 11.0 Å². The summed E-state index contributed by atoms with van der Waals surface area (Å²) in [6.45, 7) is 2.07. The maximum atomic E-state index is 12.9. The third-order valence-corrected chi connectivity index (χ3v) is 3.35. The van der Waals surface area contributed by atoms with Gasteiger partial charge in [-0.25, -0.2) is 9.07 Å². The van der Waals surface area contributed by atoms with Crippen LogP contribution in [0.15, 0.2) is 24.3 Å². The molecule has 1 aromatic heterocycles. The van der Waals surface area contributed by atoms with Gasteiger partial charge in [0.05, 0.1) is 17.3 Å². The zero-order valence-corrected chi connectivity index (χ0v) is 11.5. The summed E-state index contributed by atoms with van der Waals surface area (Å²) < 4.78 is 14.5. The van der Waals surface area contributed by atoms with Crippen LogP contribution in [0, 0.1) is 5.82 Å². The molecule has 2 aromatic rings. The van der Waals surface area contributed by atoms with Crippen LogP contribution in [0.1, 0.15) is 24.6 Å². The Morgan fingerprint density at radius 1 is 1.28 bits per heavy atom. The number of benzene rings is 1. The quantitative estimate of drug-likeness (QED) is 0.764. The van der Waals surface area contributed by atoms with Gasteiger partial charge in [-0.2, -0.15) is 5.10 Å². The largest absolute Gasteiger partial charge is 0.222 e. The molecule has 0 aliphatic carbocycles. The molecule has 1 heterocycles. The number of halogens is 3. The second kappa shape index (κ2) is 5.72. The SMILES string of the molecule is CCCc1nn(-c2ccc(F)cc2)c(Cl)c1CCl. The molecule has 0 N–H and O–H groups in total. The van der Waals surface area contributed by atoms with Gasteiger partial charge in [0.15, 0.2) is 0 Å². The van der Waals surface area contributed by atoms with Crippen molar-refractivity contribution in [2.75, 3.05) is 0 Å². The van der Waals surface area contributed by atoms with Crippen molar-refractivity contribution < 1.29 is 4.39 Å². The normalized spacial score (nSPS) is 10.9. The molecule has 5 heteroatoms. The van der Waals surface area contributed by atoms with E-state index >= 15 is 0 Å². The van der Waals surface area contributed by atoms with Gasteiger partial charge in [-0.1, -0.05) is 24.9 Å². The van der Waals surface area contributed by atoms with Crippen molar-refractivity contribution >= 4 is 23.2 Å². The predicted molar refractivity (Wildman–Crippen MR) is 72.1 cm³/mol. The molecule has 0 unspecified atom stereocenters. The molecule has 2 rings (SSSR count). The Kier molecular flexibility index (Phi) is 4.25. The van der Waals surface area contributed by atoms with E-state index in [-0.39, 0.29) is 5.82 Å². The molecule has 0 bridgehead atoms. The summed E-state index contributed by atoms with van der Waals surface area (Å²) in [6.07, 6.45) is 1.80. The van der Waals surface area contributed by atoms with Gasteiger partial charge < -0.3 is 0 Å². The summed E-state index contributed by atoms with van der Waals surface area (Å²) in [4.78, 5) is 0. The highest BCUT2D eigenvalue weighted by molar-refractivity contribution is 6.31. The van der Waals surface area contributed by atoms with Crippen LogP contribution < -0.4 is 0 Å². The first-order chi connectivity index (χ1) is 8.67. The first-order valence-electron chi connectivity index (χ1n) is 5.75. The fraction of sp³-hybridized carbons (Fsp3) is 0.308. The Morgan fingerprint density at radius 2 is 1.94 bits per heavy atom. The van der Waals surface area contributed by atoms with Crippen molar-refractivity contribution in [3.63, 3.8) is 0 Å². The summed E-state index contributed by atoms with van der Waals surface area (Å²) >= 11 is 12.2. The lowest BCUT2D eigenvalue weighted by molar-refractivity contribution is 0.627. The molecule has 0 spiro atoms. The van der Waals surface area contributed by atoms with Gasteiger partial charge in [-0.15, -0.1) is 11.6 Å². The summed E-state index contributed by atoms with van der Waals surface area (Å²) in [5, 5.41) is 4.95. The molecule has 1 aromatic carbocycles. The van der Waals surface area contributed by atoms with Gasteiger partial charge in [-0.05, 0) is 30.7 Å². The van der Waals surface area contributed by atoms with E-state index in [4.69, 9.17) is 23.2 Å². The monoisotopic (exact) mass is 286 g/mol. The Balaban J connectivity index is 2.47. The molecular formula is C13H13Cl2FN2. The number of hydrogen-bond donors (Lipinski definition) is 0. The lowest BCUT2D eigenvalue weighted by Crippen LogP contribution is -1.97. The van der Waals surface area contributed by atoms with E-state index < -0.39 is 0 Å². The molecular weight excluding hydrogens is 274 g/mol. The molecule has 0 radical (unpaired) electrons. The highest BCUT2D eigenvalue weighted by Crippen LogP contribution is 2.26. The van der Waals surface area contributed by atoms with Crippen LogP contribution in [0.5, 0.6) is 0 Å². The molecule has 0 atom stereocenters. The molecule has 0 aliphatic rings. The minimum atomic E-state index is -0.284. The maximum absolute atomic E-state index is 12.9. The second-order valence-corrected chi connectivity index (χ2v) is 4.61. The van der Waals surface area contributed by atoms with E-state index in [1.165, 1.54) is 12.1 Å². The number of alkyl halides is 1. The summed E-state index contributed by atoms with van der Waals surface area (Å²) in [5.74, 6) is 0.0448. The van der Waals surface area contributed by atoms with Crippen molar-refractivity contribution in [1.29, 1.82) is 0 Å². The smallest absolute Gasteiger partial charge is 0.137 e. The lowest BCUT2D eigenvalue weighted by Gasteiger charge is -2.02. The summed E-state index contributed by atoms with van der Waals surface area (Å²) in [5.41, 5.74) is 2.49. The Labute approximate surface area is 115 Å². The minimum absolute atomic E-state index is 0.284. The van der Waals surface area contributed by atoms with Gasteiger partial charge in [0, 0.05) is 5.56 Å². The van der Waals surface area contributed by atoms with E-state index in [1.54, 1.807) is 16.8 Å². The van der Waals surface area contributed by atoms with E-state index in [9.17, 15) is 4.39 Å². The van der Waals surface area contributed by atoms with Crippen molar-refractivity contribution in [2.45, 2.75) is 25.6 Å². The first kappa shape index (κ1) is 13.4. The highest BCUT2D eigenvalue weighted by Gasteiger charge is 2.15. The van der Waals surface area contributed by atoms with Crippen LogP contribution in [0.25, 0.3) is 5.69 Å². The molecule has 2 nitrogen and oxygen atoms in total. The van der Waals surface area contributed by atoms with E-state index in [0.717, 1.165) is 29.8 Å². The van der Waals surface area contributed by atoms with Crippen molar-refractivity contribution in [3.05, 3.63) is 46.5 Å². The van der Waals surface area contributed by atoms with E-state index in [1.807, 2.05) is 0 Å². The van der Waals surface area contributed by atoms with Crippen LogP contribution in [-0.4, -0.2) is 9.78 Å². The lowest BCUT2D eigenvalue weighted by atomic mass is 10.2. The average molecular weight is 287 g/mol. The van der Waals surface area contributed by atoms with Crippen LogP contribution in [0.2, 0.25) is 5.15 Å². The maximum Gasteiger partial charge on any atom is 0.137 e. The van der Waals surface area contributed by atoms with Gasteiger partial charge in [0.25, 0.3) is 0 Å². The third-order valence-electron chi connectivity index (χ3n) is 2.70. The predicted octanol–water partition coefficient (Wildman–Crippen LogP) is 4.36. The highest BCUT2D eigenvalue weighted by atomic mass is 35.5. The molecule has 96 valence electrons. The standard InChI is InChI=1S/C13H13Cl2FN2/c1-2-3-12-11(8-14)13(15)18(17-12)10-6-4-9(16)5-7-10/h4-7H,2-3,8H2,1H3. The van der Waals surface area contributed by atoms with Crippen molar-refractivity contribution in [2.24, 2.45) is 0 Å². The molecule has 0 saturated heterocycles. The fourth-order valence-corrected chi connectivity index (χ4v) is 2.46. The molecule has 0 fully saturated rings. The number of aromatic nitrogens is 2. The first-order valence-corrected chi connectivity index (χ1v) is 6.66. The van der Waals surface area contributed by atoms with Crippen molar-refractivity contribution in [1.82, 2.24) is 9.78 Å². The van der Waals surface area contributed by atoms with Crippen LogP contribution >= 0.6 is 23.2 Å². The zero-order valence-electron chi connectivity index (χ0n) is 9.96. The molecule has 0 amide bonds. The van der Waals surface area contributed by atoms with Crippen LogP contribution in [0.4, 0.5) is 4.39 Å². The Bertz CT molecular complexity index is 535. The van der Waals surface area contributed by atoms with Crippen molar-refractivity contribution in [3.8, 4) is 5.69 Å². The van der Waals surface area contributed by atoms with Gasteiger partial charge in [0.2, 0.25) is 0 Å². The second-order valence-electron chi connectivity index (χ2n) is 3.99. The topological polar surface area (TPSA) is 17.8 Å². The third kappa shape index (κ3) is 2.52. The summed E-state index contributed by atoms with van der Waals surface area (Å²) in [6, 6.07) is 6.05. The number of rotatable bonds is 4. The minimum Gasteiger partial charge on any atom is -0.222 e. The Morgan fingerprint density at radius 3 is 2.50 bits per heavy atom. The fourth-order valence-electron chi connectivity index (χ4n) is 1.80. The van der Waals surface area contributed by atoms with E-state index in [2.05, 4.69) is 12.0 Å². The van der Waals surface area contributed by atoms with Crippen LogP contribution in [-0.2, 0) is 12.3 Å². The van der Waals surface area contributed by atoms with Gasteiger partial charge >= 0.3 is 0 Å². The number of hydrogen-bond acceptors (Lipinski definition) is 1. The number of aryl methyl sites for hydroxylation is 1. The molecule has 18 heavy (non-hydrogen) atoms. The zero-order chi connectivity index (χ0) is 13.1. The Hall–Kier alpha value is -1.06. The molecule has 0 aliphatic heterocycles. The van der Waals surface area contributed by atoms with Crippen LogP contribution in [0.3, 0.4) is 0 Å². The number of nitrogens with zero attached hydrogens (tertiary/aromatic N) is 2. The van der Waals surface area contributed by atoms with Gasteiger partial charge in [0.1, 0.15) is 11.0 Å². The molecule has 0 saturated carbocycles. The van der Waals surface area contributed by atoms with Gasteiger partial charge in [-0.3, -0.25) is 0 Å².